The van der Waals surface area contributed by atoms with Gasteiger partial charge in [-0.25, -0.2) is 9.97 Å². The summed E-state index contributed by atoms with van der Waals surface area (Å²) >= 11 is 2.69. The number of rotatable bonds is 6. The molecular weight excluding hydrogens is 440 g/mol. The number of thiazole rings is 1. The number of carbonyl (C=O) groups is 1. The second-order valence-electron chi connectivity index (χ2n) is 7.39. The van der Waals surface area contributed by atoms with Gasteiger partial charge in [-0.15, -0.1) is 11.3 Å². The molecule has 0 atom stereocenters. The fourth-order valence-corrected chi connectivity index (χ4v) is 4.94. The molecule has 32 heavy (non-hydrogen) atoms. The van der Waals surface area contributed by atoms with Crippen molar-refractivity contribution in [2.75, 3.05) is 11.1 Å². The van der Waals surface area contributed by atoms with Crippen molar-refractivity contribution in [2.45, 2.75) is 25.9 Å². The molecule has 2 aromatic carbocycles. The highest BCUT2D eigenvalue weighted by Gasteiger charge is 2.15. The maximum atomic E-state index is 12.4. The first-order chi connectivity index (χ1) is 15.4. The molecule has 0 bridgehead atoms. The molecule has 4 rings (SSSR count). The number of nitrogens with zero attached hydrogens (tertiary/aromatic N) is 2. The van der Waals surface area contributed by atoms with Gasteiger partial charge < -0.3 is 10.3 Å². The number of benzene rings is 2. The Hall–Kier alpha value is -3.23. The summed E-state index contributed by atoms with van der Waals surface area (Å²) in [5.41, 5.74) is 5.06. The maximum absolute atomic E-state index is 12.4. The first-order valence-electron chi connectivity index (χ1n) is 10.0. The van der Waals surface area contributed by atoms with Crippen LogP contribution in [0.1, 0.15) is 16.8 Å². The van der Waals surface area contributed by atoms with E-state index in [-0.39, 0.29) is 17.2 Å². The van der Waals surface area contributed by atoms with Crippen molar-refractivity contribution in [2.24, 2.45) is 0 Å². The van der Waals surface area contributed by atoms with E-state index in [9.17, 15) is 9.59 Å². The van der Waals surface area contributed by atoms with E-state index < -0.39 is 0 Å². The van der Waals surface area contributed by atoms with Gasteiger partial charge in [-0.2, -0.15) is 0 Å². The zero-order valence-corrected chi connectivity index (χ0v) is 19.6. The number of aryl methyl sites for hydroxylation is 3. The summed E-state index contributed by atoms with van der Waals surface area (Å²) in [5.74, 6) is -0.0215. The summed E-state index contributed by atoms with van der Waals surface area (Å²) in [7, 11) is 0. The van der Waals surface area contributed by atoms with E-state index >= 15 is 0 Å². The van der Waals surface area contributed by atoms with E-state index in [0.29, 0.717) is 10.9 Å². The molecule has 2 heterocycles. The smallest absolute Gasteiger partial charge is 0.252 e. The number of amides is 1. The Balaban J connectivity index is 1.50. The predicted octanol–water partition coefficient (Wildman–Crippen LogP) is 5.22. The first-order valence-corrected chi connectivity index (χ1v) is 11.8. The summed E-state index contributed by atoms with van der Waals surface area (Å²) < 4.78 is 0. The SMILES string of the molecule is Cc1ccc(NC(=O)CSc2nc(-c3sc(-c4ccccc4)nc3C)cc(=O)[nH]2)c(C)c1. The molecule has 6 nitrogen and oxygen atoms in total. The maximum Gasteiger partial charge on any atom is 0.252 e. The fraction of sp³-hybridized carbons (Fsp3) is 0.167. The molecule has 0 fully saturated rings. The number of hydrogen-bond acceptors (Lipinski definition) is 6. The molecule has 0 spiro atoms. The van der Waals surface area contributed by atoms with Crippen molar-refractivity contribution in [3.8, 4) is 21.1 Å². The lowest BCUT2D eigenvalue weighted by Crippen LogP contribution is -2.16. The second-order valence-corrected chi connectivity index (χ2v) is 9.35. The highest BCUT2D eigenvalue weighted by molar-refractivity contribution is 7.99. The molecule has 0 aliphatic rings. The molecule has 2 aromatic heterocycles. The third-order valence-corrected chi connectivity index (χ3v) is 6.87. The van der Waals surface area contributed by atoms with Crippen LogP contribution >= 0.6 is 23.1 Å². The Morgan fingerprint density at radius 3 is 2.59 bits per heavy atom. The lowest BCUT2D eigenvalue weighted by molar-refractivity contribution is -0.113. The average molecular weight is 463 g/mol. The van der Waals surface area contributed by atoms with Crippen LogP contribution in [0.3, 0.4) is 0 Å². The van der Waals surface area contributed by atoms with Crippen LogP contribution in [0.25, 0.3) is 21.1 Å². The van der Waals surface area contributed by atoms with Gasteiger partial charge in [-0.05, 0) is 32.4 Å². The number of anilines is 1. The van der Waals surface area contributed by atoms with Crippen molar-refractivity contribution in [3.05, 3.63) is 81.8 Å². The zero-order valence-electron chi connectivity index (χ0n) is 17.9. The molecule has 0 radical (unpaired) electrons. The Morgan fingerprint density at radius 2 is 1.84 bits per heavy atom. The Morgan fingerprint density at radius 1 is 1.06 bits per heavy atom. The molecule has 0 saturated heterocycles. The topological polar surface area (TPSA) is 87.7 Å². The number of aromatic amines is 1. The van der Waals surface area contributed by atoms with Gasteiger partial charge in [0.25, 0.3) is 5.56 Å². The predicted molar refractivity (Wildman–Crippen MR) is 131 cm³/mol. The normalized spacial score (nSPS) is 10.8. The van der Waals surface area contributed by atoms with Crippen molar-refractivity contribution in [1.29, 1.82) is 0 Å². The van der Waals surface area contributed by atoms with Crippen LogP contribution in [0.4, 0.5) is 5.69 Å². The van der Waals surface area contributed by atoms with E-state index in [4.69, 9.17) is 0 Å². The van der Waals surface area contributed by atoms with Gasteiger partial charge in [-0.1, -0.05) is 59.8 Å². The lowest BCUT2D eigenvalue weighted by atomic mass is 10.1. The highest BCUT2D eigenvalue weighted by Crippen LogP contribution is 2.34. The van der Waals surface area contributed by atoms with Crippen LogP contribution in [0.5, 0.6) is 0 Å². The Bertz CT molecular complexity index is 1330. The first kappa shape index (κ1) is 22.0. The van der Waals surface area contributed by atoms with Gasteiger partial charge in [0.15, 0.2) is 5.16 Å². The van der Waals surface area contributed by atoms with Gasteiger partial charge >= 0.3 is 0 Å². The quantitative estimate of drug-likeness (QED) is 0.303. The third-order valence-electron chi connectivity index (χ3n) is 4.77. The molecule has 0 unspecified atom stereocenters. The van der Waals surface area contributed by atoms with Crippen molar-refractivity contribution in [1.82, 2.24) is 15.0 Å². The second kappa shape index (κ2) is 9.50. The number of aromatic nitrogens is 3. The molecule has 4 aromatic rings. The standard InChI is InChI=1S/C24H22N4O2S2/c1-14-9-10-18(15(2)11-14)26-21(30)13-31-24-27-19(12-20(29)28-24)22-16(3)25-23(32-22)17-7-5-4-6-8-17/h4-12H,13H2,1-3H3,(H,26,30)(H,27,28,29). The molecule has 8 heteroatoms. The minimum absolute atomic E-state index is 0.136. The highest BCUT2D eigenvalue weighted by atomic mass is 32.2. The molecule has 0 saturated carbocycles. The molecule has 1 amide bonds. The van der Waals surface area contributed by atoms with E-state index in [2.05, 4.69) is 20.3 Å². The van der Waals surface area contributed by atoms with Crippen LogP contribution in [-0.2, 0) is 4.79 Å². The molecule has 0 aliphatic carbocycles. The van der Waals surface area contributed by atoms with Crippen LogP contribution in [0.2, 0.25) is 0 Å². The van der Waals surface area contributed by atoms with E-state index in [0.717, 1.165) is 38.0 Å². The molecular formula is C24H22N4O2S2. The van der Waals surface area contributed by atoms with Gasteiger partial charge in [0.1, 0.15) is 5.01 Å². The number of carbonyl (C=O) groups excluding carboxylic acids is 1. The van der Waals surface area contributed by atoms with E-state index in [1.54, 1.807) is 0 Å². The van der Waals surface area contributed by atoms with Crippen LogP contribution in [-0.4, -0.2) is 26.6 Å². The number of H-pyrrole nitrogens is 1. The summed E-state index contributed by atoms with van der Waals surface area (Å²) in [5, 5.41) is 4.19. The monoisotopic (exact) mass is 462 g/mol. The van der Waals surface area contributed by atoms with Crippen LogP contribution < -0.4 is 10.9 Å². The summed E-state index contributed by atoms with van der Waals surface area (Å²) in [6.45, 7) is 5.88. The summed E-state index contributed by atoms with van der Waals surface area (Å²) in [4.78, 5) is 37.5. The van der Waals surface area contributed by atoms with Crippen LogP contribution in [0, 0.1) is 20.8 Å². The Labute approximate surface area is 194 Å². The van der Waals surface area contributed by atoms with E-state index in [1.807, 2.05) is 69.3 Å². The van der Waals surface area contributed by atoms with Gasteiger partial charge in [0.05, 0.1) is 22.0 Å². The number of thioether (sulfide) groups is 1. The number of hydrogen-bond donors (Lipinski definition) is 2. The molecule has 0 aliphatic heterocycles. The minimum Gasteiger partial charge on any atom is -0.325 e. The van der Waals surface area contributed by atoms with Gasteiger partial charge in [0.2, 0.25) is 5.91 Å². The van der Waals surface area contributed by atoms with Crippen molar-refractivity contribution in [3.63, 3.8) is 0 Å². The summed E-state index contributed by atoms with van der Waals surface area (Å²) in [6.07, 6.45) is 0. The lowest BCUT2D eigenvalue weighted by Gasteiger charge is -2.09. The molecule has 2 N–H and O–H groups in total. The van der Waals surface area contributed by atoms with Crippen molar-refractivity contribution >= 4 is 34.7 Å². The zero-order chi connectivity index (χ0) is 22.7. The fourth-order valence-electron chi connectivity index (χ4n) is 3.23. The van der Waals surface area contributed by atoms with Gasteiger partial charge in [-0.3, -0.25) is 9.59 Å². The summed E-state index contributed by atoms with van der Waals surface area (Å²) in [6, 6.07) is 17.2. The average Bonchev–Trinajstić information content (AvgIpc) is 3.16. The Kier molecular flexibility index (Phi) is 6.53. The largest absolute Gasteiger partial charge is 0.325 e. The van der Waals surface area contributed by atoms with E-state index in [1.165, 1.54) is 29.2 Å². The third kappa shape index (κ3) is 5.15. The van der Waals surface area contributed by atoms with Gasteiger partial charge in [0, 0.05) is 17.3 Å². The van der Waals surface area contributed by atoms with Crippen LogP contribution in [0.15, 0.2) is 64.5 Å². The molecule has 162 valence electrons. The minimum atomic E-state index is -0.263. The number of nitrogens with one attached hydrogen (secondary N) is 2. The van der Waals surface area contributed by atoms with Crippen molar-refractivity contribution < 1.29 is 4.79 Å².